The zero-order chi connectivity index (χ0) is 26.2. The zero-order valence-corrected chi connectivity index (χ0v) is 22.6. The molecule has 200 valence electrons. The van der Waals surface area contributed by atoms with Gasteiger partial charge in [0.15, 0.2) is 0 Å². The number of ether oxygens (including phenoxy) is 2. The Bertz CT molecular complexity index is 1460. The van der Waals surface area contributed by atoms with Crippen molar-refractivity contribution in [1.82, 2.24) is 40.0 Å². The highest BCUT2D eigenvalue weighted by Gasteiger charge is 2.33. The molecule has 1 aliphatic carbocycles. The Balaban J connectivity index is 1.31. The van der Waals surface area contributed by atoms with Crippen molar-refractivity contribution < 1.29 is 9.47 Å². The largest absolute Gasteiger partial charge is 0.477 e. The van der Waals surface area contributed by atoms with Gasteiger partial charge in [0.05, 0.1) is 53.5 Å². The van der Waals surface area contributed by atoms with Crippen molar-refractivity contribution in [2.24, 2.45) is 7.05 Å². The molecule has 10 heteroatoms. The van der Waals surface area contributed by atoms with E-state index in [1.54, 1.807) is 4.68 Å². The number of H-pyrrole nitrogens is 1. The Kier molecular flexibility index (Phi) is 6.67. The van der Waals surface area contributed by atoms with Crippen molar-refractivity contribution in [2.45, 2.75) is 38.3 Å². The van der Waals surface area contributed by atoms with Crippen LogP contribution in [0.1, 0.15) is 42.3 Å². The molecule has 1 aromatic carbocycles. The van der Waals surface area contributed by atoms with Gasteiger partial charge in [-0.2, -0.15) is 15.3 Å². The molecule has 0 unspecified atom stereocenters. The Morgan fingerprint density at radius 2 is 1.95 bits per heavy atom. The molecule has 2 aliphatic rings. The number of nitrogens with one attached hydrogen (secondary N) is 2. The van der Waals surface area contributed by atoms with Gasteiger partial charge >= 0.3 is 0 Å². The van der Waals surface area contributed by atoms with E-state index in [0.29, 0.717) is 25.3 Å². The lowest BCUT2D eigenvalue weighted by molar-refractivity contribution is 0.173. The first-order valence-corrected chi connectivity index (χ1v) is 13.4. The minimum absolute atomic E-state index is 0.326. The third-order valence-electron chi connectivity index (χ3n) is 7.50. The minimum Gasteiger partial charge on any atom is -0.477 e. The average Bonchev–Trinajstić information content (AvgIpc) is 3.53. The predicted molar refractivity (Wildman–Crippen MR) is 148 cm³/mol. The summed E-state index contributed by atoms with van der Waals surface area (Å²) in [6.45, 7) is 5.16. The van der Waals surface area contributed by atoms with Gasteiger partial charge in [0.1, 0.15) is 0 Å². The molecule has 4 heterocycles. The monoisotopic (exact) mass is 516 g/mol. The van der Waals surface area contributed by atoms with E-state index in [0.717, 1.165) is 83.1 Å². The summed E-state index contributed by atoms with van der Waals surface area (Å²) in [5.41, 5.74) is 5.83. The van der Waals surface area contributed by atoms with Crippen LogP contribution in [0.15, 0.2) is 24.4 Å². The number of likely N-dealkylation sites (N-methyl/N-ethyl adjacent to an activating group) is 1. The lowest BCUT2D eigenvalue weighted by Crippen LogP contribution is -2.44. The SMILES string of the molecule is Cc1nn([C@H]2C[C@@H](NCCN(C)C)C2)c2c1/C=C/c1n[nH]c3ccc(cc13)-c1cnn(C)c1OCCCO2. The number of hydrogen-bond acceptors (Lipinski definition) is 7. The van der Waals surface area contributed by atoms with Crippen molar-refractivity contribution in [3.05, 3.63) is 41.3 Å². The van der Waals surface area contributed by atoms with Crippen LogP contribution in [0.2, 0.25) is 0 Å². The molecule has 2 N–H and O–H groups in total. The second kappa shape index (κ2) is 10.3. The molecule has 3 aromatic heterocycles. The van der Waals surface area contributed by atoms with Crippen molar-refractivity contribution in [2.75, 3.05) is 40.4 Å². The van der Waals surface area contributed by atoms with Crippen molar-refractivity contribution in [1.29, 1.82) is 0 Å². The van der Waals surface area contributed by atoms with E-state index in [9.17, 15) is 0 Å². The molecule has 38 heavy (non-hydrogen) atoms. The van der Waals surface area contributed by atoms with Crippen LogP contribution in [0, 0.1) is 6.92 Å². The number of fused-ring (bicyclic) bond motifs is 4. The number of hydrogen-bond donors (Lipinski definition) is 2. The van der Waals surface area contributed by atoms with Gasteiger partial charge in [0.2, 0.25) is 11.8 Å². The molecule has 6 rings (SSSR count). The van der Waals surface area contributed by atoms with Gasteiger partial charge in [-0.1, -0.05) is 6.07 Å². The Labute approximate surface area is 222 Å². The molecule has 1 saturated carbocycles. The van der Waals surface area contributed by atoms with E-state index >= 15 is 0 Å². The maximum Gasteiger partial charge on any atom is 0.219 e. The number of aromatic nitrogens is 6. The highest BCUT2D eigenvalue weighted by atomic mass is 16.5. The van der Waals surface area contributed by atoms with E-state index < -0.39 is 0 Å². The third-order valence-corrected chi connectivity index (χ3v) is 7.50. The fourth-order valence-electron chi connectivity index (χ4n) is 5.25. The molecule has 0 radical (unpaired) electrons. The fraction of sp³-hybridized carbons (Fsp3) is 0.464. The summed E-state index contributed by atoms with van der Waals surface area (Å²) < 4.78 is 16.5. The number of benzene rings is 1. The van der Waals surface area contributed by atoms with E-state index in [2.05, 4.69) is 81.6 Å². The van der Waals surface area contributed by atoms with E-state index in [1.165, 1.54) is 0 Å². The van der Waals surface area contributed by atoms with Gasteiger partial charge in [-0.15, -0.1) is 0 Å². The fourth-order valence-corrected chi connectivity index (χ4v) is 5.25. The molecule has 0 amide bonds. The molecule has 0 atom stereocenters. The maximum atomic E-state index is 6.41. The minimum atomic E-state index is 0.326. The summed E-state index contributed by atoms with van der Waals surface area (Å²) in [6.07, 6.45) is 8.85. The Hall–Kier alpha value is -3.63. The molecular formula is C28H36N8O2. The summed E-state index contributed by atoms with van der Waals surface area (Å²) in [6, 6.07) is 7.12. The highest BCUT2D eigenvalue weighted by Crippen LogP contribution is 2.38. The van der Waals surface area contributed by atoms with E-state index in [4.69, 9.17) is 14.6 Å². The summed E-state index contributed by atoms with van der Waals surface area (Å²) in [7, 11) is 6.11. The molecule has 0 saturated heterocycles. The Morgan fingerprint density at radius 3 is 2.76 bits per heavy atom. The van der Waals surface area contributed by atoms with Gasteiger partial charge in [0, 0.05) is 38.0 Å². The van der Waals surface area contributed by atoms with Crippen LogP contribution < -0.4 is 14.8 Å². The summed E-state index contributed by atoms with van der Waals surface area (Å²) in [5, 5.41) is 21.8. The lowest BCUT2D eigenvalue weighted by Gasteiger charge is -2.37. The standard InChI is InChI=1S/C28H36N8O2/c1-18-22-7-9-26-23-14-19(6-8-25(23)31-32-26)24-17-30-35(4)27(24)37-12-5-13-38-28(22)36(33-18)21-15-20(16-21)29-10-11-34(2)3/h6-9,14,17,20-21,29H,5,10-13,15-16H2,1-4H3,(H,31,32)/b9-7+/t20-,21+. The van der Waals surface area contributed by atoms with Gasteiger partial charge in [-0.25, -0.2) is 9.36 Å². The zero-order valence-electron chi connectivity index (χ0n) is 22.6. The molecule has 1 aliphatic heterocycles. The quantitative estimate of drug-likeness (QED) is 0.418. The van der Waals surface area contributed by atoms with Crippen LogP contribution in [0.25, 0.3) is 34.2 Å². The van der Waals surface area contributed by atoms with Crippen LogP contribution >= 0.6 is 0 Å². The first kappa shape index (κ1) is 24.7. The van der Waals surface area contributed by atoms with Crippen molar-refractivity contribution in [3.63, 3.8) is 0 Å². The van der Waals surface area contributed by atoms with Gasteiger partial charge < -0.3 is 19.7 Å². The van der Waals surface area contributed by atoms with Crippen LogP contribution in [-0.4, -0.2) is 81.1 Å². The number of aromatic amines is 1. The first-order valence-electron chi connectivity index (χ1n) is 13.4. The number of aryl methyl sites for hydroxylation is 2. The molecule has 4 aromatic rings. The molecule has 1 fully saturated rings. The smallest absolute Gasteiger partial charge is 0.219 e. The van der Waals surface area contributed by atoms with Crippen LogP contribution in [0.4, 0.5) is 0 Å². The second-order valence-corrected chi connectivity index (χ2v) is 10.6. The van der Waals surface area contributed by atoms with Gasteiger partial charge in [-0.3, -0.25) is 5.10 Å². The normalized spacial score (nSPS) is 20.2. The Morgan fingerprint density at radius 1 is 1.13 bits per heavy atom. The third kappa shape index (κ3) is 4.69. The number of rotatable bonds is 5. The molecular weight excluding hydrogens is 480 g/mol. The van der Waals surface area contributed by atoms with Gasteiger partial charge in [0.25, 0.3) is 0 Å². The van der Waals surface area contributed by atoms with Gasteiger partial charge in [-0.05, 0) is 63.7 Å². The first-order chi connectivity index (χ1) is 18.5. The highest BCUT2D eigenvalue weighted by molar-refractivity contribution is 5.93. The molecule has 0 spiro atoms. The average molecular weight is 517 g/mol. The van der Waals surface area contributed by atoms with Crippen LogP contribution in [0.5, 0.6) is 11.8 Å². The van der Waals surface area contributed by atoms with E-state index in [1.807, 2.05) is 13.2 Å². The lowest BCUT2D eigenvalue weighted by atomic mass is 9.87. The predicted octanol–water partition coefficient (Wildman–Crippen LogP) is 3.65. The number of nitrogens with zero attached hydrogens (tertiary/aromatic N) is 6. The molecule has 10 nitrogen and oxygen atoms in total. The summed E-state index contributed by atoms with van der Waals surface area (Å²) >= 11 is 0. The van der Waals surface area contributed by atoms with Crippen LogP contribution in [0.3, 0.4) is 0 Å². The summed E-state index contributed by atoms with van der Waals surface area (Å²) in [5.74, 6) is 1.58. The van der Waals surface area contributed by atoms with E-state index in [-0.39, 0.29) is 0 Å². The molecule has 2 bridgehead atoms. The summed E-state index contributed by atoms with van der Waals surface area (Å²) in [4.78, 5) is 2.20. The van der Waals surface area contributed by atoms with Crippen LogP contribution in [-0.2, 0) is 7.05 Å². The maximum absolute atomic E-state index is 6.41. The van der Waals surface area contributed by atoms with Crippen molar-refractivity contribution >= 4 is 23.1 Å². The second-order valence-electron chi connectivity index (χ2n) is 10.6. The topological polar surface area (TPSA) is 98.1 Å². The van der Waals surface area contributed by atoms with Crippen molar-refractivity contribution in [3.8, 4) is 22.9 Å².